The molecule has 1 amide bonds. The molecule has 1 N–H and O–H groups in total. The summed E-state index contributed by atoms with van der Waals surface area (Å²) in [7, 11) is 0. The fourth-order valence-corrected chi connectivity index (χ4v) is 2.71. The van der Waals surface area contributed by atoms with Crippen LogP contribution < -0.4 is 5.32 Å². The molecule has 18 heavy (non-hydrogen) atoms. The molecule has 1 aliphatic rings. The van der Waals surface area contributed by atoms with Crippen LogP contribution in [0.2, 0.25) is 0 Å². The Kier molecular flexibility index (Phi) is 2.63. The van der Waals surface area contributed by atoms with Gasteiger partial charge in [0, 0.05) is 6.54 Å². The van der Waals surface area contributed by atoms with Gasteiger partial charge in [0.2, 0.25) is 5.91 Å². The molecule has 2 aromatic carbocycles. The standard InChI is InChI=1S/C16H15NO/c1-2-17-16(18)15-13-9-5-3-7-11(13)12-8-4-6-10-14(12)15/h3-10,15H,2H2,1H3,(H,17,18). The number of fused-ring (bicyclic) bond motifs is 3. The number of rotatable bonds is 2. The van der Waals surface area contributed by atoms with Crippen molar-refractivity contribution >= 4 is 5.91 Å². The first-order valence-electron chi connectivity index (χ1n) is 6.29. The number of likely N-dealkylation sites (N-methyl/N-ethyl adjacent to an activating group) is 1. The van der Waals surface area contributed by atoms with E-state index < -0.39 is 0 Å². The molecule has 2 nitrogen and oxygen atoms in total. The van der Waals surface area contributed by atoms with Crippen LogP contribution in [0.1, 0.15) is 24.0 Å². The molecule has 0 unspecified atom stereocenters. The van der Waals surface area contributed by atoms with Gasteiger partial charge in [0.05, 0.1) is 5.92 Å². The maximum atomic E-state index is 12.3. The molecular weight excluding hydrogens is 222 g/mol. The smallest absolute Gasteiger partial charge is 0.232 e. The van der Waals surface area contributed by atoms with E-state index in [1.807, 2.05) is 31.2 Å². The Hall–Kier alpha value is -2.09. The summed E-state index contributed by atoms with van der Waals surface area (Å²) in [5, 5.41) is 2.93. The SMILES string of the molecule is CCNC(=O)C1c2ccccc2-c2ccccc21. The Bertz CT molecular complexity index is 558. The monoisotopic (exact) mass is 237 g/mol. The van der Waals surface area contributed by atoms with Crippen LogP contribution in [0.25, 0.3) is 11.1 Å². The summed E-state index contributed by atoms with van der Waals surface area (Å²) in [6.07, 6.45) is 0. The predicted molar refractivity (Wildman–Crippen MR) is 72.4 cm³/mol. The van der Waals surface area contributed by atoms with Gasteiger partial charge in [-0.1, -0.05) is 48.5 Å². The Labute approximate surface area is 107 Å². The van der Waals surface area contributed by atoms with Gasteiger partial charge in [-0.05, 0) is 29.2 Å². The van der Waals surface area contributed by atoms with Crippen molar-refractivity contribution in [2.75, 3.05) is 6.54 Å². The summed E-state index contributed by atoms with van der Waals surface area (Å²) in [5.74, 6) is -0.0627. The van der Waals surface area contributed by atoms with Gasteiger partial charge < -0.3 is 5.32 Å². The molecule has 1 aliphatic carbocycles. The average molecular weight is 237 g/mol. The van der Waals surface area contributed by atoms with Gasteiger partial charge >= 0.3 is 0 Å². The van der Waals surface area contributed by atoms with Gasteiger partial charge in [0.25, 0.3) is 0 Å². The quantitative estimate of drug-likeness (QED) is 0.855. The minimum absolute atomic E-state index is 0.0925. The van der Waals surface area contributed by atoms with E-state index in [1.54, 1.807) is 0 Å². The summed E-state index contributed by atoms with van der Waals surface area (Å²) >= 11 is 0. The Morgan fingerprint density at radius 3 is 2.00 bits per heavy atom. The first kappa shape index (κ1) is 11.0. The zero-order chi connectivity index (χ0) is 12.5. The highest BCUT2D eigenvalue weighted by molar-refractivity contribution is 5.96. The number of carbonyl (C=O) groups excluding carboxylic acids is 1. The molecule has 0 atom stereocenters. The highest BCUT2D eigenvalue weighted by Gasteiger charge is 2.32. The third kappa shape index (κ3) is 1.53. The number of benzene rings is 2. The maximum absolute atomic E-state index is 12.3. The highest BCUT2D eigenvalue weighted by atomic mass is 16.1. The van der Waals surface area contributed by atoms with E-state index in [2.05, 4.69) is 29.6 Å². The van der Waals surface area contributed by atoms with Crippen molar-refractivity contribution in [1.82, 2.24) is 5.32 Å². The van der Waals surface area contributed by atoms with E-state index in [0.717, 1.165) is 11.1 Å². The third-order valence-electron chi connectivity index (χ3n) is 3.45. The fraction of sp³-hybridized carbons (Fsp3) is 0.188. The summed E-state index contributed by atoms with van der Waals surface area (Å²) in [5.41, 5.74) is 4.60. The molecule has 0 radical (unpaired) electrons. The van der Waals surface area contributed by atoms with Crippen LogP contribution in [-0.4, -0.2) is 12.5 Å². The van der Waals surface area contributed by atoms with Crippen LogP contribution >= 0.6 is 0 Å². The molecule has 2 aromatic rings. The lowest BCUT2D eigenvalue weighted by Gasteiger charge is -2.12. The first-order valence-corrected chi connectivity index (χ1v) is 6.29. The van der Waals surface area contributed by atoms with E-state index in [4.69, 9.17) is 0 Å². The number of hydrogen-bond donors (Lipinski definition) is 1. The predicted octanol–water partition coefficient (Wildman–Crippen LogP) is 2.94. The lowest BCUT2D eigenvalue weighted by molar-refractivity contribution is -0.121. The Balaban J connectivity index is 2.18. The first-order chi connectivity index (χ1) is 8.83. The molecule has 0 aliphatic heterocycles. The zero-order valence-electron chi connectivity index (χ0n) is 10.3. The van der Waals surface area contributed by atoms with E-state index >= 15 is 0 Å². The summed E-state index contributed by atoms with van der Waals surface area (Å²) in [6.45, 7) is 2.62. The second kappa shape index (κ2) is 4.30. The van der Waals surface area contributed by atoms with Crippen molar-refractivity contribution in [3.8, 4) is 11.1 Å². The van der Waals surface area contributed by atoms with Crippen molar-refractivity contribution in [2.24, 2.45) is 0 Å². The number of amides is 1. The minimum Gasteiger partial charge on any atom is -0.356 e. The van der Waals surface area contributed by atoms with Crippen LogP contribution in [0.4, 0.5) is 0 Å². The Morgan fingerprint density at radius 2 is 1.50 bits per heavy atom. The molecule has 0 aromatic heterocycles. The normalized spacial score (nSPS) is 12.9. The molecule has 0 bridgehead atoms. The number of carbonyl (C=O) groups is 1. The van der Waals surface area contributed by atoms with Crippen molar-refractivity contribution in [3.05, 3.63) is 59.7 Å². The summed E-state index contributed by atoms with van der Waals surface area (Å²) in [6, 6.07) is 16.3. The van der Waals surface area contributed by atoms with Gasteiger partial charge in [-0.15, -0.1) is 0 Å². The van der Waals surface area contributed by atoms with Gasteiger partial charge in [0.15, 0.2) is 0 Å². The van der Waals surface area contributed by atoms with Crippen LogP contribution in [0.15, 0.2) is 48.5 Å². The maximum Gasteiger partial charge on any atom is 0.232 e. The van der Waals surface area contributed by atoms with Crippen molar-refractivity contribution in [2.45, 2.75) is 12.8 Å². The lowest BCUT2D eigenvalue weighted by atomic mass is 9.96. The minimum atomic E-state index is -0.155. The summed E-state index contributed by atoms with van der Waals surface area (Å²) < 4.78 is 0. The van der Waals surface area contributed by atoms with Gasteiger partial charge in [-0.25, -0.2) is 0 Å². The van der Waals surface area contributed by atoms with Gasteiger partial charge in [-0.3, -0.25) is 4.79 Å². The average Bonchev–Trinajstić information content (AvgIpc) is 2.73. The van der Waals surface area contributed by atoms with Gasteiger partial charge in [0.1, 0.15) is 0 Å². The van der Waals surface area contributed by atoms with Crippen LogP contribution in [0.5, 0.6) is 0 Å². The highest BCUT2D eigenvalue weighted by Crippen LogP contribution is 2.44. The number of nitrogens with one attached hydrogen (secondary N) is 1. The lowest BCUT2D eigenvalue weighted by Crippen LogP contribution is -2.28. The van der Waals surface area contributed by atoms with E-state index in [0.29, 0.717) is 6.54 Å². The van der Waals surface area contributed by atoms with Crippen LogP contribution in [0, 0.1) is 0 Å². The van der Waals surface area contributed by atoms with E-state index in [9.17, 15) is 4.79 Å². The number of hydrogen-bond acceptors (Lipinski definition) is 1. The van der Waals surface area contributed by atoms with Crippen LogP contribution in [-0.2, 0) is 4.79 Å². The Morgan fingerprint density at radius 1 is 1.00 bits per heavy atom. The molecule has 2 heteroatoms. The topological polar surface area (TPSA) is 29.1 Å². The van der Waals surface area contributed by atoms with Crippen molar-refractivity contribution in [1.29, 1.82) is 0 Å². The van der Waals surface area contributed by atoms with Gasteiger partial charge in [-0.2, -0.15) is 0 Å². The summed E-state index contributed by atoms with van der Waals surface area (Å²) in [4.78, 5) is 12.3. The fourth-order valence-electron chi connectivity index (χ4n) is 2.71. The molecular formula is C16H15NO. The molecule has 0 saturated heterocycles. The molecule has 3 rings (SSSR count). The van der Waals surface area contributed by atoms with Crippen LogP contribution in [0.3, 0.4) is 0 Å². The molecule has 0 fully saturated rings. The second-order valence-corrected chi connectivity index (χ2v) is 4.50. The third-order valence-corrected chi connectivity index (χ3v) is 3.45. The van der Waals surface area contributed by atoms with Crippen molar-refractivity contribution < 1.29 is 4.79 Å². The molecule has 0 saturated carbocycles. The van der Waals surface area contributed by atoms with Crippen molar-refractivity contribution in [3.63, 3.8) is 0 Å². The van der Waals surface area contributed by atoms with E-state index in [-0.39, 0.29) is 11.8 Å². The van der Waals surface area contributed by atoms with E-state index in [1.165, 1.54) is 11.1 Å². The largest absolute Gasteiger partial charge is 0.356 e. The molecule has 0 heterocycles. The zero-order valence-corrected chi connectivity index (χ0v) is 10.3. The molecule has 90 valence electrons. The molecule has 0 spiro atoms. The second-order valence-electron chi connectivity index (χ2n) is 4.50.